The van der Waals surface area contributed by atoms with Crippen LogP contribution in [0.15, 0.2) is 53.1 Å². The van der Waals surface area contributed by atoms with E-state index < -0.39 is 0 Å². The van der Waals surface area contributed by atoms with Crippen molar-refractivity contribution in [3.05, 3.63) is 74.2 Å². The van der Waals surface area contributed by atoms with E-state index in [0.717, 1.165) is 15.8 Å². The standard InChI is InChI=1S/C17H12BrClN2O2S/c18-12-4-1-10(2-5-12)7-13-9-20-17(24-13)21-16(23)11-3-6-15(22)14(19)8-11/h1-6,8-9,22H,7H2,(H,20,21,23). The van der Waals surface area contributed by atoms with E-state index in [1.807, 2.05) is 24.3 Å². The predicted octanol–water partition coefficient (Wildman–Crippen LogP) is 5.11. The van der Waals surface area contributed by atoms with Crippen molar-refractivity contribution in [2.75, 3.05) is 5.32 Å². The fourth-order valence-electron chi connectivity index (χ4n) is 2.07. The second-order valence-corrected chi connectivity index (χ2v) is 7.49. The third-order valence-corrected chi connectivity index (χ3v) is 5.02. The molecule has 122 valence electrons. The molecule has 7 heteroatoms. The Kier molecular flexibility index (Phi) is 5.18. The Morgan fingerprint density at radius 3 is 2.71 bits per heavy atom. The summed E-state index contributed by atoms with van der Waals surface area (Å²) in [7, 11) is 0. The number of nitrogens with one attached hydrogen (secondary N) is 1. The molecule has 0 spiro atoms. The summed E-state index contributed by atoms with van der Waals surface area (Å²) in [6.45, 7) is 0. The molecule has 2 aromatic carbocycles. The fourth-order valence-corrected chi connectivity index (χ4v) is 3.35. The third kappa shape index (κ3) is 4.14. The maximum Gasteiger partial charge on any atom is 0.257 e. The maximum atomic E-state index is 12.2. The van der Waals surface area contributed by atoms with Crippen LogP contribution in [0.4, 0.5) is 5.13 Å². The first-order chi connectivity index (χ1) is 11.5. The van der Waals surface area contributed by atoms with Crippen LogP contribution in [-0.2, 0) is 6.42 Å². The van der Waals surface area contributed by atoms with E-state index in [1.54, 1.807) is 6.20 Å². The van der Waals surface area contributed by atoms with Gasteiger partial charge in [-0.15, -0.1) is 11.3 Å². The third-order valence-electron chi connectivity index (χ3n) is 3.28. The highest BCUT2D eigenvalue weighted by atomic mass is 79.9. The molecule has 0 atom stereocenters. The van der Waals surface area contributed by atoms with E-state index in [-0.39, 0.29) is 16.7 Å². The Morgan fingerprint density at radius 1 is 1.25 bits per heavy atom. The monoisotopic (exact) mass is 422 g/mol. The lowest BCUT2D eigenvalue weighted by atomic mass is 10.1. The number of hydrogen-bond acceptors (Lipinski definition) is 4. The van der Waals surface area contributed by atoms with Crippen LogP contribution in [0.2, 0.25) is 5.02 Å². The van der Waals surface area contributed by atoms with Gasteiger partial charge in [0.1, 0.15) is 5.75 Å². The van der Waals surface area contributed by atoms with Crippen molar-refractivity contribution >= 4 is 49.9 Å². The second-order valence-electron chi connectivity index (χ2n) is 5.06. The van der Waals surface area contributed by atoms with Crippen molar-refractivity contribution in [1.29, 1.82) is 0 Å². The van der Waals surface area contributed by atoms with Gasteiger partial charge in [0.05, 0.1) is 5.02 Å². The van der Waals surface area contributed by atoms with Gasteiger partial charge in [-0.2, -0.15) is 0 Å². The molecule has 0 aliphatic rings. The molecule has 3 aromatic rings. The lowest BCUT2D eigenvalue weighted by Gasteiger charge is -2.03. The topological polar surface area (TPSA) is 62.2 Å². The molecule has 0 bridgehead atoms. The van der Waals surface area contributed by atoms with Gasteiger partial charge in [-0.3, -0.25) is 10.1 Å². The zero-order chi connectivity index (χ0) is 17.1. The molecule has 0 saturated carbocycles. The van der Waals surface area contributed by atoms with Crippen molar-refractivity contribution in [2.45, 2.75) is 6.42 Å². The molecule has 2 N–H and O–H groups in total. The highest BCUT2D eigenvalue weighted by molar-refractivity contribution is 9.10. The van der Waals surface area contributed by atoms with Gasteiger partial charge in [0.15, 0.2) is 5.13 Å². The van der Waals surface area contributed by atoms with Crippen LogP contribution in [-0.4, -0.2) is 16.0 Å². The van der Waals surface area contributed by atoms with Gasteiger partial charge >= 0.3 is 0 Å². The summed E-state index contributed by atoms with van der Waals surface area (Å²) in [5.74, 6) is -0.374. The summed E-state index contributed by atoms with van der Waals surface area (Å²) in [6.07, 6.45) is 2.51. The number of aromatic nitrogens is 1. The molecule has 1 amide bonds. The lowest BCUT2D eigenvalue weighted by Crippen LogP contribution is -2.11. The number of amides is 1. The Balaban J connectivity index is 1.68. The highest BCUT2D eigenvalue weighted by Gasteiger charge is 2.11. The minimum absolute atomic E-state index is 0.0563. The largest absolute Gasteiger partial charge is 0.506 e. The van der Waals surface area contributed by atoms with E-state index in [9.17, 15) is 9.90 Å². The number of phenols is 1. The van der Waals surface area contributed by atoms with Crippen molar-refractivity contribution < 1.29 is 9.90 Å². The predicted molar refractivity (Wildman–Crippen MR) is 100 cm³/mol. The Hall–Kier alpha value is -1.89. The van der Waals surface area contributed by atoms with Gasteiger partial charge in [0.25, 0.3) is 5.91 Å². The fraction of sp³-hybridized carbons (Fsp3) is 0.0588. The first-order valence-electron chi connectivity index (χ1n) is 7.00. The van der Waals surface area contributed by atoms with Gasteiger partial charge in [-0.1, -0.05) is 39.7 Å². The van der Waals surface area contributed by atoms with Crippen LogP contribution >= 0.6 is 38.9 Å². The molecule has 1 aromatic heterocycles. The maximum absolute atomic E-state index is 12.2. The number of anilines is 1. The molecule has 0 radical (unpaired) electrons. The average Bonchev–Trinajstić information content (AvgIpc) is 2.99. The number of halogens is 2. The average molecular weight is 424 g/mol. The quantitative estimate of drug-likeness (QED) is 0.613. The molecule has 0 aliphatic heterocycles. The number of benzene rings is 2. The summed E-state index contributed by atoms with van der Waals surface area (Å²) in [6, 6.07) is 12.4. The lowest BCUT2D eigenvalue weighted by molar-refractivity contribution is 0.102. The number of rotatable bonds is 4. The van der Waals surface area contributed by atoms with Gasteiger partial charge in [-0.25, -0.2) is 4.98 Å². The normalized spacial score (nSPS) is 10.6. The van der Waals surface area contributed by atoms with Crippen molar-refractivity contribution in [3.8, 4) is 5.75 Å². The Morgan fingerprint density at radius 2 is 2.00 bits per heavy atom. The zero-order valence-corrected chi connectivity index (χ0v) is 15.5. The molecular weight excluding hydrogens is 412 g/mol. The summed E-state index contributed by atoms with van der Waals surface area (Å²) < 4.78 is 1.04. The molecule has 0 saturated heterocycles. The Bertz CT molecular complexity index is 881. The molecule has 4 nitrogen and oxygen atoms in total. The van der Waals surface area contributed by atoms with E-state index in [2.05, 4.69) is 26.2 Å². The van der Waals surface area contributed by atoms with Crippen LogP contribution in [0.25, 0.3) is 0 Å². The highest BCUT2D eigenvalue weighted by Crippen LogP contribution is 2.25. The number of phenolic OH excluding ortho intramolecular Hbond substituents is 1. The molecule has 3 rings (SSSR count). The molecule has 0 unspecified atom stereocenters. The summed E-state index contributed by atoms with van der Waals surface area (Å²) >= 11 is 10.7. The molecule has 0 aliphatic carbocycles. The van der Waals surface area contributed by atoms with Crippen molar-refractivity contribution in [1.82, 2.24) is 4.98 Å². The first kappa shape index (κ1) is 17.0. The van der Waals surface area contributed by atoms with E-state index in [4.69, 9.17) is 11.6 Å². The SMILES string of the molecule is O=C(Nc1ncc(Cc2ccc(Br)cc2)s1)c1ccc(O)c(Cl)c1. The van der Waals surface area contributed by atoms with Gasteiger partial charge < -0.3 is 5.11 Å². The van der Waals surface area contributed by atoms with Gasteiger partial charge in [0, 0.05) is 27.5 Å². The molecule has 1 heterocycles. The molecular formula is C17H12BrClN2O2S. The summed E-state index contributed by atoms with van der Waals surface area (Å²) in [4.78, 5) is 17.5. The van der Waals surface area contributed by atoms with Crippen molar-refractivity contribution in [2.24, 2.45) is 0 Å². The summed E-state index contributed by atoms with van der Waals surface area (Å²) in [5, 5.41) is 12.8. The number of thiazole rings is 1. The van der Waals surface area contributed by atoms with Crippen molar-refractivity contribution in [3.63, 3.8) is 0 Å². The van der Waals surface area contributed by atoms with E-state index >= 15 is 0 Å². The van der Waals surface area contributed by atoms with E-state index in [0.29, 0.717) is 10.7 Å². The Labute approximate surface area is 156 Å². The summed E-state index contributed by atoms with van der Waals surface area (Å²) in [5.41, 5.74) is 1.53. The first-order valence-corrected chi connectivity index (χ1v) is 8.99. The second kappa shape index (κ2) is 7.34. The number of carbonyl (C=O) groups is 1. The number of carbonyl (C=O) groups excluding carboxylic acids is 1. The smallest absolute Gasteiger partial charge is 0.257 e. The van der Waals surface area contributed by atoms with E-state index in [1.165, 1.54) is 35.1 Å². The molecule has 0 fully saturated rings. The van der Waals surface area contributed by atoms with Crippen LogP contribution in [0, 0.1) is 0 Å². The minimum Gasteiger partial charge on any atom is -0.506 e. The number of nitrogens with zero attached hydrogens (tertiary/aromatic N) is 1. The van der Waals surface area contributed by atoms with Crippen LogP contribution in [0.3, 0.4) is 0 Å². The van der Waals surface area contributed by atoms with Gasteiger partial charge in [-0.05, 0) is 35.9 Å². The minimum atomic E-state index is -0.318. The van der Waals surface area contributed by atoms with Crippen LogP contribution in [0.5, 0.6) is 5.75 Å². The van der Waals surface area contributed by atoms with Crippen LogP contribution < -0.4 is 5.32 Å². The molecule has 24 heavy (non-hydrogen) atoms. The van der Waals surface area contributed by atoms with Gasteiger partial charge in [0.2, 0.25) is 0 Å². The number of aromatic hydroxyl groups is 1. The number of hydrogen-bond donors (Lipinski definition) is 2. The van der Waals surface area contributed by atoms with Crippen LogP contribution in [0.1, 0.15) is 20.8 Å². The zero-order valence-electron chi connectivity index (χ0n) is 12.3.